The van der Waals surface area contributed by atoms with Gasteiger partial charge in [0.1, 0.15) is 6.26 Å². The van der Waals surface area contributed by atoms with Gasteiger partial charge in [-0.3, -0.25) is 4.79 Å². The Hall–Kier alpha value is -2.14. The Morgan fingerprint density at radius 1 is 1.41 bits per heavy atom. The maximum absolute atomic E-state index is 12.4. The van der Waals surface area contributed by atoms with E-state index in [1.165, 1.54) is 0 Å². The Bertz CT molecular complexity index is 689. The van der Waals surface area contributed by atoms with E-state index in [2.05, 4.69) is 15.6 Å². The molecule has 3 rings (SSSR count). The van der Waals surface area contributed by atoms with Crippen molar-refractivity contribution in [1.29, 1.82) is 0 Å². The summed E-state index contributed by atoms with van der Waals surface area (Å²) in [6.07, 6.45) is 1.62. The minimum absolute atomic E-state index is 0.00767. The van der Waals surface area contributed by atoms with E-state index in [-0.39, 0.29) is 11.8 Å². The first-order valence-corrected chi connectivity index (χ1v) is 7.59. The molecule has 2 aromatic rings. The van der Waals surface area contributed by atoms with Crippen molar-refractivity contribution in [3.8, 4) is 11.5 Å². The number of nitrogens with one attached hydrogen (secondary N) is 2. The van der Waals surface area contributed by atoms with E-state index >= 15 is 0 Å². The number of rotatable bonds is 4. The number of aryl methyl sites for hydroxylation is 2. The molecule has 116 valence electrons. The molecule has 0 saturated carbocycles. The number of anilines is 1. The zero-order valence-electron chi connectivity index (χ0n) is 13.1. The zero-order valence-corrected chi connectivity index (χ0v) is 13.1. The van der Waals surface area contributed by atoms with E-state index in [1.54, 1.807) is 6.26 Å². The van der Waals surface area contributed by atoms with Crippen molar-refractivity contribution in [2.45, 2.75) is 20.8 Å². The van der Waals surface area contributed by atoms with Gasteiger partial charge in [-0.1, -0.05) is 13.0 Å². The molecule has 22 heavy (non-hydrogen) atoms. The molecule has 0 aliphatic carbocycles. The lowest BCUT2D eigenvalue weighted by molar-refractivity contribution is -0.121. The van der Waals surface area contributed by atoms with Crippen LogP contribution in [0.2, 0.25) is 0 Å². The Morgan fingerprint density at radius 3 is 2.77 bits per heavy atom. The van der Waals surface area contributed by atoms with Gasteiger partial charge in [0.05, 0.1) is 5.69 Å². The van der Waals surface area contributed by atoms with Crippen LogP contribution in [0, 0.1) is 25.7 Å². The summed E-state index contributed by atoms with van der Waals surface area (Å²) >= 11 is 0. The molecule has 1 aliphatic heterocycles. The van der Waals surface area contributed by atoms with E-state index in [1.807, 2.05) is 39.0 Å². The van der Waals surface area contributed by atoms with Crippen LogP contribution in [0.25, 0.3) is 11.5 Å². The average molecular weight is 299 g/mol. The summed E-state index contributed by atoms with van der Waals surface area (Å²) in [5, 5.41) is 6.24. The van der Waals surface area contributed by atoms with Gasteiger partial charge >= 0.3 is 0 Å². The predicted octanol–water partition coefficient (Wildman–Crippen LogP) is 2.75. The Morgan fingerprint density at radius 2 is 2.18 bits per heavy atom. The van der Waals surface area contributed by atoms with Crippen molar-refractivity contribution < 1.29 is 9.21 Å². The van der Waals surface area contributed by atoms with E-state index in [0.717, 1.165) is 35.6 Å². The number of benzene rings is 1. The van der Waals surface area contributed by atoms with Gasteiger partial charge in [0.15, 0.2) is 0 Å². The molecule has 1 unspecified atom stereocenters. The smallest absolute Gasteiger partial charge is 0.227 e. The number of oxazole rings is 1. The van der Waals surface area contributed by atoms with Crippen molar-refractivity contribution in [2.24, 2.45) is 11.8 Å². The Balaban J connectivity index is 1.79. The summed E-state index contributed by atoms with van der Waals surface area (Å²) in [6.45, 7) is 7.69. The van der Waals surface area contributed by atoms with Crippen LogP contribution in [0.3, 0.4) is 0 Å². The molecule has 2 heterocycles. The topological polar surface area (TPSA) is 67.2 Å². The molecule has 1 fully saturated rings. The van der Waals surface area contributed by atoms with E-state index in [9.17, 15) is 4.79 Å². The van der Waals surface area contributed by atoms with Crippen molar-refractivity contribution in [1.82, 2.24) is 10.3 Å². The van der Waals surface area contributed by atoms with Gasteiger partial charge in [0.2, 0.25) is 11.8 Å². The van der Waals surface area contributed by atoms with E-state index < -0.39 is 0 Å². The highest BCUT2D eigenvalue weighted by atomic mass is 16.3. The van der Waals surface area contributed by atoms with Gasteiger partial charge in [-0.05, 0) is 50.6 Å². The molecule has 1 atom stereocenters. The molecule has 2 N–H and O–H groups in total. The summed E-state index contributed by atoms with van der Waals surface area (Å²) in [6, 6.07) is 5.85. The van der Waals surface area contributed by atoms with Crippen LogP contribution < -0.4 is 10.6 Å². The number of carbonyl (C=O) groups is 1. The third kappa shape index (κ3) is 2.90. The van der Waals surface area contributed by atoms with E-state index in [4.69, 9.17) is 4.42 Å². The molecule has 5 nitrogen and oxygen atoms in total. The lowest BCUT2D eigenvalue weighted by atomic mass is 9.88. The van der Waals surface area contributed by atoms with Crippen molar-refractivity contribution in [3.63, 3.8) is 0 Å². The minimum Gasteiger partial charge on any atom is -0.444 e. The van der Waals surface area contributed by atoms with Crippen LogP contribution in [0.4, 0.5) is 5.69 Å². The number of carbonyl (C=O) groups excluding carboxylic acids is 1. The fraction of sp³-hybridized carbons (Fsp3) is 0.412. The minimum atomic E-state index is 0.00767. The van der Waals surface area contributed by atoms with Crippen LogP contribution in [0.1, 0.15) is 18.2 Å². The normalized spacial score (nSPS) is 16.1. The van der Waals surface area contributed by atoms with Gasteiger partial charge in [-0.15, -0.1) is 0 Å². The first kappa shape index (κ1) is 14.8. The quantitative estimate of drug-likeness (QED) is 0.911. The molecule has 5 heteroatoms. The van der Waals surface area contributed by atoms with Crippen LogP contribution in [0.15, 0.2) is 28.9 Å². The monoisotopic (exact) mass is 299 g/mol. The molecule has 1 saturated heterocycles. The second-order valence-electron chi connectivity index (χ2n) is 6.02. The van der Waals surface area contributed by atoms with Crippen LogP contribution in [-0.2, 0) is 4.79 Å². The number of aromatic nitrogens is 1. The maximum Gasteiger partial charge on any atom is 0.227 e. The van der Waals surface area contributed by atoms with Gasteiger partial charge in [0, 0.05) is 17.2 Å². The lowest BCUT2D eigenvalue weighted by Gasteiger charge is -2.31. The SMILES string of the molecule is Cc1coc(-c2ccc(C)c(NC(=O)C(C)C3CNC3)c2)n1. The standard InChI is InChI=1S/C17H21N3O2/c1-10-4-5-13(17-19-11(2)9-22-17)6-15(10)20-16(21)12(3)14-7-18-8-14/h4-6,9,12,14,18H,7-8H2,1-3H3,(H,20,21). The van der Waals surface area contributed by atoms with Gasteiger partial charge < -0.3 is 15.1 Å². The first-order valence-electron chi connectivity index (χ1n) is 7.59. The summed E-state index contributed by atoms with van der Waals surface area (Å²) in [5.74, 6) is 1.07. The number of amides is 1. The highest BCUT2D eigenvalue weighted by molar-refractivity contribution is 5.94. The fourth-order valence-electron chi connectivity index (χ4n) is 2.50. The van der Waals surface area contributed by atoms with Crippen molar-refractivity contribution >= 4 is 11.6 Å². The van der Waals surface area contributed by atoms with Crippen LogP contribution >= 0.6 is 0 Å². The molecule has 0 spiro atoms. The molecule has 0 radical (unpaired) electrons. The van der Waals surface area contributed by atoms with Crippen LogP contribution in [-0.4, -0.2) is 24.0 Å². The average Bonchev–Trinajstić information content (AvgIpc) is 2.86. The third-order valence-electron chi connectivity index (χ3n) is 4.30. The number of nitrogens with zero attached hydrogens (tertiary/aromatic N) is 1. The summed E-state index contributed by atoms with van der Waals surface area (Å²) < 4.78 is 5.43. The largest absolute Gasteiger partial charge is 0.444 e. The summed E-state index contributed by atoms with van der Waals surface area (Å²) in [5.41, 5.74) is 3.55. The molecule has 1 amide bonds. The van der Waals surface area contributed by atoms with Crippen molar-refractivity contribution in [2.75, 3.05) is 18.4 Å². The molecule has 0 bridgehead atoms. The maximum atomic E-state index is 12.4. The highest BCUT2D eigenvalue weighted by Gasteiger charge is 2.28. The van der Waals surface area contributed by atoms with Crippen molar-refractivity contribution in [3.05, 3.63) is 35.7 Å². The fourth-order valence-corrected chi connectivity index (χ4v) is 2.50. The molecule has 1 aromatic heterocycles. The third-order valence-corrected chi connectivity index (χ3v) is 4.30. The Kier molecular flexibility index (Phi) is 3.98. The Labute approximate surface area is 130 Å². The molecular formula is C17H21N3O2. The second-order valence-corrected chi connectivity index (χ2v) is 6.02. The lowest BCUT2D eigenvalue weighted by Crippen LogP contribution is -2.48. The first-order chi connectivity index (χ1) is 10.5. The molecule has 1 aromatic carbocycles. The second kappa shape index (κ2) is 5.93. The van der Waals surface area contributed by atoms with Gasteiger partial charge in [-0.25, -0.2) is 4.98 Å². The van der Waals surface area contributed by atoms with E-state index in [0.29, 0.717) is 11.8 Å². The molecule has 1 aliphatic rings. The summed E-state index contributed by atoms with van der Waals surface area (Å²) in [7, 11) is 0. The van der Waals surface area contributed by atoms with Gasteiger partial charge in [0.25, 0.3) is 0 Å². The van der Waals surface area contributed by atoms with Crippen LogP contribution in [0.5, 0.6) is 0 Å². The summed E-state index contributed by atoms with van der Waals surface area (Å²) in [4.78, 5) is 16.7. The zero-order chi connectivity index (χ0) is 15.7. The van der Waals surface area contributed by atoms with Gasteiger partial charge in [-0.2, -0.15) is 0 Å². The number of hydrogen-bond acceptors (Lipinski definition) is 4. The number of hydrogen-bond donors (Lipinski definition) is 2. The predicted molar refractivity (Wildman–Crippen MR) is 85.6 cm³/mol. The highest BCUT2D eigenvalue weighted by Crippen LogP contribution is 2.26. The molecular weight excluding hydrogens is 278 g/mol.